The molecule has 7 heteroatoms. The van der Waals surface area contributed by atoms with Crippen LogP contribution in [-0.2, 0) is 9.84 Å². The monoisotopic (exact) mass is 386 g/mol. The fraction of sp³-hybridized carbons (Fsp3) is 0.250. The Balaban J connectivity index is 1.93. The lowest BCUT2D eigenvalue weighted by Gasteiger charge is -2.22. The number of carbonyl (C=O) groups is 1. The number of fused-ring (bicyclic) bond motifs is 1. The Morgan fingerprint density at radius 1 is 1.15 bits per heavy atom. The van der Waals surface area contributed by atoms with Gasteiger partial charge in [0, 0.05) is 17.1 Å². The number of primary amides is 1. The van der Waals surface area contributed by atoms with E-state index in [1.807, 2.05) is 6.07 Å². The van der Waals surface area contributed by atoms with Crippen LogP contribution in [0.3, 0.4) is 0 Å². The largest absolute Gasteiger partial charge is 0.366 e. The minimum absolute atomic E-state index is 0.0801. The second-order valence-electron chi connectivity index (χ2n) is 6.94. The zero-order chi connectivity index (χ0) is 19.2. The molecule has 27 heavy (non-hydrogen) atoms. The van der Waals surface area contributed by atoms with Gasteiger partial charge < -0.3 is 10.7 Å². The molecular weight excluding hydrogens is 367 g/mol. The second kappa shape index (κ2) is 6.49. The van der Waals surface area contributed by atoms with Gasteiger partial charge in [-0.3, -0.25) is 4.79 Å². The highest BCUT2D eigenvalue weighted by Crippen LogP contribution is 2.39. The van der Waals surface area contributed by atoms with Crippen molar-refractivity contribution in [2.45, 2.75) is 18.8 Å². The van der Waals surface area contributed by atoms with Crippen molar-refractivity contribution in [2.75, 3.05) is 11.5 Å². The molecule has 0 unspecified atom stereocenters. The maximum absolute atomic E-state index is 15.5. The van der Waals surface area contributed by atoms with Gasteiger partial charge in [-0.1, -0.05) is 30.3 Å². The van der Waals surface area contributed by atoms with Crippen LogP contribution < -0.4 is 5.73 Å². The number of H-pyrrole nitrogens is 1. The summed E-state index contributed by atoms with van der Waals surface area (Å²) < 4.78 is 39.0. The van der Waals surface area contributed by atoms with Crippen LogP contribution in [0.25, 0.3) is 22.0 Å². The Labute approximate surface area is 156 Å². The number of nitrogens with two attached hydrogens (primary N) is 1. The average molecular weight is 386 g/mol. The molecule has 1 aliphatic heterocycles. The van der Waals surface area contributed by atoms with Gasteiger partial charge in [0.1, 0.15) is 15.7 Å². The van der Waals surface area contributed by atoms with E-state index in [4.69, 9.17) is 5.73 Å². The first kappa shape index (κ1) is 17.7. The Morgan fingerprint density at radius 3 is 2.44 bits per heavy atom. The fourth-order valence-electron chi connectivity index (χ4n) is 3.85. The normalized spacial score (nSPS) is 17.2. The van der Waals surface area contributed by atoms with Gasteiger partial charge in [-0.25, -0.2) is 12.8 Å². The number of benzene rings is 2. The van der Waals surface area contributed by atoms with Crippen molar-refractivity contribution in [1.29, 1.82) is 0 Å². The molecule has 1 amide bonds. The topological polar surface area (TPSA) is 93.0 Å². The first-order valence-corrected chi connectivity index (χ1v) is 10.6. The third-order valence-electron chi connectivity index (χ3n) is 5.27. The molecule has 140 valence electrons. The third-order valence-corrected chi connectivity index (χ3v) is 6.98. The Hall–Kier alpha value is -2.67. The zero-order valence-corrected chi connectivity index (χ0v) is 15.4. The van der Waals surface area contributed by atoms with Crippen LogP contribution in [0, 0.1) is 5.82 Å². The molecule has 0 bridgehead atoms. The maximum Gasteiger partial charge on any atom is 0.250 e. The number of amides is 1. The molecule has 0 spiro atoms. The van der Waals surface area contributed by atoms with E-state index in [0.29, 0.717) is 40.4 Å². The van der Waals surface area contributed by atoms with Gasteiger partial charge in [0.15, 0.2) is 0 Å². The first-order valence-electron chi connectivity index (χ1n) is 8.76. The van der Waals surface area contributed by atoms with Gasteiger partial charge in [-0.05, 0) is 36.0 Å². The van der Waals surface area contributed by atoms with Gasteiger partial charge in [0.25, 0.3) is 5.91 Å². The molecule has 4 rings (SSSR count). The molecular formula is C20H19FN2O3S. The minimum Gasteiger partial charge on any atom is -0.366 e. The van der Waals surface area contributed by atoms with Crippen LogP contribution in [-0.4, -0.2) is 30.8 Å². The third kappa shape index (κ3) is 3.12. The van der Waals surface area contributed by atoms with Gasteiger partial charge in [0.2, 0.25) is 0 Å². The summed E-state index contributed by atoms with van der Waals surface area (Å²) in [4.78, 5) is 15.0. The second-order valence-corrected chi connectivity index (χ2v) is 9.24. The molecule has 5 nitrogen and oxygen atoms in total. The Kier molecular flexibility index (Phi) is 4.26. The van der Waals surface area contributed by atoms with Crippen molar-refractivity contribution in [2.24, 2.45) is 5.73 Å². The van der Waals surface area contributed by atoms with Crippen molar-refractivity contribution in [3.63, 3.8) is 0 Å². The van der Waals surface area contributed by atoms with Crippen LogP contribution in [0.4, 0.5) is 4.39 Å². The van der Waals surface area contributed by atoms with Gasteiger partial charge in [-0.2, -0.15) is 0 Å². The smallest absolute Gasteiger partial charge is 0.250 e. The van der Waals surface area contributed by atoms with Gasteiger partial charge in [0.05, 0.1) is 22.6 Å². The van der Waals surface area contributed by atoms with Crippen LogP contribution in [0.5, 0.6) is 0 Å². The molecule has 0 aliphatic carbocycles. The van der Waals surface area contributed by atoms with Crippen LogP contribution >= 0.6 is 0 Å². The van der Waals surface area contributed by atoms with Crippen LogP contribution in [0.2, 0.25) is 0 Å². The quantitative estimate of drug-likeness (QED) is 0.723. The van der Waals surface area contributed by atoms with E-state index in [9.17, 15) is 13.2 Å². The SMILES string of the molecule is NC(=O)c1cc(-c2ccccc2)c(F)c2c(C3CCS(=O)(=O)CC3)c[nH]c12. The van der Waals surface area contributed by atoms with E-state index in [1.54, 1.807) is 30.5 Å². The number of hydrogen-bond acceptors (Lipinski definition) is 3. The van der Waals surface area contributed by atoms with Crippen molar-refractivity contribution >= 4 is 26.6 Å². The summed E-state index contributed by atoms with van der Waals surface area (Å²) in [6, 6.07) is 10.4. The maximum atomic E-state index is 15.5. The summed E-state index contributed by atoms with van der Waals surface area (Å²) in [7, 11) is -3.02. The number of nitrogens with one attached hydrogen (secondary N) is 1. The molecule has 2 heterocycles. The standard InChI is InChI=1S/C20H19FN2O3S/c21-18-14(12-4-2-1-3-5-12)10-15(20(22)24)19-17(18)16(11-23-19)13-6-8-27(25,26)9-7-13/h1-5,10-11,13,23H,6-9H2,(H2,22,24). The number of halogens is 1. The number of sulfone groups is 1. The lowest BCUT2D eigenvalue weighted by molar-refractivity contribution is 0.100. The van der Waals surface area contributed by atoms with E-state index in [1.165, 1.54) is 6.07 Å². The highest BCUT2D eigenvalue weighted by molar-refractivity contribution is 7.91. The van der Waals surface area contributed by atoms with Gasteiger partial charge in [-0.15, -0.1) is 0 Å². The molecule has 3 N–H and O–H groups in total. The molecule has 0 radical (unpaired) electrons. The Morgan fingerprint density at radius 2 is 1.81 bits per heavy atom. The number of carbonyl (C=O) groups excluding carboxylic acids is 1. The molecule has 1 aromatic heterocycles. The highest BCUT2D eigenvalue weighted by Gasteiger charge is 2.29. The molecule has 0 atom stereocenters. The summed E-state index contributed by atoms with van der Waals surface area (Å²) in [5.41, 5.74) is 7.79. The minimum atomic E-state index is -3.02. The van der Waals surface area contributed by atoms with Crippen LogP contribution in [0.15, 0.2) is 42.6 Å². The molecule has 1 saturated heterocycles. The average Bonchev–Trinajstić information content (AvgIpc) is 3.08. The molecule has 3 aromatic rings. The van der Waals surface area contributed by atoms with Crippen LogP contribution in [0.1, 0.15) is 34.7 Å². The summed E-state index contributed by atoms with van der Waals surface area (Å²) in [5.74, 6) is -0.966. The summed E-state index contributed by atoms with van der Waals surface area (Å²) in [5, 5.41) is 0.328. The van der Waals surface area contributed by atoms with E-state index < -0.39 is 21.6 Å². The van der Waals surface area contributed by atoms with Crippen molar-refractivity contribution in [1.82, 2.24) is 4.98 Å². The predicted molar refractivity (Wildman–Crippen MR) is 103 cm³/mol. The van der Waals surface area contributed by atoms with E-state index in [2.05, 4.69) is 4.98 Å². The highest BCUT2D eigenvalue weighted by atomic mass is 32.2. The van der Waals surface area contributed by atoms with Crippen molar-refractivity contribution < 1.29 is 17.6 Å². The number of rotatable bonds is 3. The zero-order valence-electron chi connectivity index (χ0n) is 14.5. The number of hydrogen-bond donors (Lipinski definition) is 2. The predicted octanol–water partition coefficient (Wildman–Crippen LogP) is 3.37. The van der Waals surface area contributed by atoms with E-state index in [0.717, 1.165) is 0 Å². The summed E-state index contributed by atoms with van der Waals surface area (Å²) >= 11 is 0. The molecule has 0 saturated carbocycles. The number of aromatic nitrogens is 1. The fourth-order valence-corrected chi connectivity index (χ4v) is 5.34. The molecule has 2 aromatic carbocycles. The summed E-state index contributed by atoms with van der Waals surface area (Å²) in [6.07, 6.45) is 2.56. The molecule has 1 fully saturated rings. The van der Waals surface area contributed by atoms with Gasteiger partial charge >= 0.3 is 0 Å². The number of aromatic amines is 1. The summed E-state index contributed by atoms with van der Waals surface area (Å²) in [6.45, 7) is 0. The van der Waals surface area contributed by atoms with E-state index in [-0.39, 0.29) is 23.0 Å². The lowest BCUT2D eigenvalue weighted by atomic mass is 9.90. The molecule has 1 aliphatic rings. The van der Waals surface area contributed by atoms with E-state index >= 15 is 4.39 Å². The van der Waals surface area contributed by atoms with Crippen molar-refractivity contribution in [3.05, 3.63) is 59.5 Å². The Bertz CT molecular complexity index is 1120. The van der Waals surface area contributed by atoms with Crippen molar-refractivity contribution in [3.8, 4) is 11.1 Å². The lowest BCUT2D eigenvalue weighted by Crippen LogP contribution is -2.22. The first-order chi connectivity index (χ1) is 12.9.